The smallest absolute Gasteiger partial charge is 0.307 e. The Morgan fingerprint density at radius 1 is 1.14 bits per heavy atom. The first-order valence-corrected chi connectivity index (χ1v) is 9.56. The fraction of sp³-hybridized carbons (Fsp3) is 0.550. The lowest BCUT2D eigenvalue weighted by atomic mass is 9.73. The van der Waals surface area contributed by atoms with Crippen LogP contribution in [0.5, 0.6) is 0 Å². The number of rotatable bonds is 5. The van der Waals surface area contributed by atoms with Gasteiger partial charge in [-0.2, -0.15) is 0 Å². The number of carboxylic acids is 1. The van der Waals surface area contributed by atoms with Crippen molar-refractivity contribution in [2.24, 2.45) is 17.6 Å². The molecule has 3 N–H and O–H groups in total. The molecule has 3 rings (SSSR count). The van der Waals surface area contributed by atoms with E-state index in [-0.39, 0.29) is 12.3 Å². The van der Waals surface area contributed by atoms with E-state index >= 15 is 0 Å². The van der Waals surface area contributed by atoms with Crippen LogP contribution >= 0.6 is 0 Å². The van der Waals surface area contributed by atoms with E-state index in [0.717, 1.165) is 0 Å². The molecule has 1 amide bonds. The van der Waals surface area contributed by atoms with Crippen LogP contribution in [0.15, 0.2) is 24.3 Å². The van der Waals surface area contributed by atoms with E-state index in [1.807, 2.05) is 0 Å². The summed E-state index contributed by atoms with van der Waals surface area (Å²) in [6.07, 6.45) is -1.62. The molecule has 0 spiro atoms. The number of morpholine rings is 1. The molecule has 0 bridgehead atoms. The third-order valence-electron chi connectivity index (χ3n) is 5.63. The zero-order valence-electron chi connectivity index (χ0n) is 15.9. The molecule has 9 heteroatoms. The van der Waals surface area contributed by atoms with Crippen LogP contribution in [0.4, 0.5) is 8.78 Å². The van der Waals surface area contributed by atoms with Crippen molar-refractivity contribution in [3.8, 4) is 0 Å². The fourth-order valence-corrected chi connectivity index (χ4v) is 3.91. The lowest BCUT2D eigenvalue weighted by molar-refractivity contribution is -0.157. The second-order valence-electron chi connectivity index (χ2n) is 7.56. The minimum absolute atomic E-state index is 0.153. The summed E-state index contributed by atoms with van der Waals surface area (Å²) in [5.74, 6) is -7.75. The van der Waals surface area contributed by atoms with Gasteiger partial charge in [-0.15, -0.1) is 0 Å². The van der Waals surface area contributed by atoms with E-state index < -0.39 is 48.4 Å². The number of nitrogens with zero attached hydrogens (tertiary/aromatic N) is 1. The standard InChI is InChI=1S/C20H24F2N2O5/c21-20(22)6-5-14(15(11-20)19(27)28)17(25)16(23)12-1-3-13(4-2-12)18(26)24-7-9-29-10-8-24/h1-4,14-16H,5-11,23H2,(H,27,28). The summed E-state index contributed by atoms with van der Waals surface area (Å²) < 4.78 is 32.4. The summed E-state index contributed by atoms with van der Waals surface area (Å²) in [4.78, 5) is 38.3. The number of Topliss-reactive ketones (excluding diaryl/α,β-unsaturated/α-hetero) is 1. The highest BCUT2D eigenvalue weighted by Gasteiger charge is 2.48. The summed E-state index contributed by atoms with van der Waals surface area (Å²) in [6, 6.07) is 5.07. The maximum absolute atomic E-state index is 13.6. The minimum atomic E-state index is -3.09. The van der Waals surface area contributed by atoms with Gasteiger partial charge in [0.25, 0.3) is 5.91 Å². The highest BCUT2D eigenvalue weighted by molar-refractivity contribution is 5.95. The summed E-state index contributed by atoms with van der Waals surface area (Å²) >= 11 is 0. The van der Waals surface area contributed by atoms with E-state index in [2.05, 4.69) is 0 Å². The number of alkyl halides is 2. The molecule has 2 fully saturated rings. The highest BCUT2D eigenvalue weighted by atomic mass is 19.3. The number of carboxylic acid groups (broad SMARTS) is 1. The lowest BCUT2D eigenvalue weighted by Crippen LogP contribution is -2.43. The number of halogens is 2. The van der Waals surface area contributed by atoms with Crippen LogP contribution in [-0.4, -0.2) is 59.9 Å². The Kier molecular flexibility index (Phi) is 6.28. The van der Waals surface area contributed by atoms with E-state index in [9.17, 15) is 28.3 Å². The average molecular weight is 410 g/mol. The molecule has 1 heterocycles. The first-order valence-electron chi connectivity index (χ1n) is 9.56. The van der Waals surface area contributed by atoms with E-state index in [1.165, 1.54) is 0 Å². The second kappa shape index (κ2) is 8.54. The number of amides is 1. The zero-order chi connectivity index (χ0) is 21.2. The quantitative estimate of drug-likeness (QED) is 0.767. The number of carbonyl (C=O) groups is 3. The Hall–Kier alpha value is -2.39. The van der Waals surface area contributed by atoms with Crippen LogP contribution < -0.4 is 5.73 Å². The van der Waals surface area contributed by atoms with Gasteiger partial charge in [0.1, 0.15) is 0 Å². The average Bonchev–Trinajstić information content (AvgIpc) is 2.72. The molecule has 7 nitrogen and oxygen atoms in total. The van der Waals surface area contributed by atoms with Gasteiger partial charge in [0.05, 0.1) is 25.2 Å². The predicted molar refractivity (Wildman–Crippen MR) is 98.5 cm³/mol. The third kappa shape index (κ3) is 4.79. The molecule has 29 heavy (non-hydrogen) atoms. The normalized spacial score (nSPS) is 25.3. The number of ether oxygens (including phenoxy) is 1. The van der Waals surface area contributed by atoms with E-state index in [0.29, 0.717) is 37.4 Å². The van der Waals surface area contributed by atoms with Gasteiger partial charge in [0.2, 0.25) is 5.92 Å². The predicted octanol–water partition coefficient (Wildman–Crippen LogP) is 1.86. The first kappa shape index (κ1) is 21.3. The maximum atomic E-state index is 13.6. The number of aliphatic carboxylic acids is 1. The molecule has 1 aliphatic carbocycles. The number of hydrogen-bond donors (Lipinski definition) is 2. The van der Waals surface area contributed by atoms with Gasteiger partial charge < -0.3 is 20.5 Å². The number of hydrogen-bond acceptors (Lipinski definition) is 5. The van der Waals surface area contributed by atoms with Crippen molar-refractivity contribution >= 4 is 17.7 Å². The van der Waals surface area contributed by atoms with Crippen molar-refractivity contribution in [2.45, 2.75) is 31.2 Å². The lowest BCUT2D eigenvalue weighted by Gasteiger charge is -2.34. The fourth-order valence-electron chi connectivity index (χ4n) is 3.91. The van der Waals surface area contributed by atoms with Crippen molar-refractivity contribution in [1.29, 1.82) is 0 Å². The molecule has 2 aliphatic rings. The van der Waals surface area contributed by atoms with Crippen LogP contribution in [-0.2, 0) is 14.3 Å². The van der Waals surface area contributed by atoms with Crippen molar-refractivity contribution in [2.75, 3.05) is 26.3 Å². The van der Waals surface area contributed by atoms with Crippen molar-refractivity contribution in [3.05, 3.63) is 35.4 Å². The molecule has 3 unspecified atom stereocenters. The van der Waals surface area contributed by atoms with Crippen molar-refractivity contribution < 1.29 is 33.0 Å². The molecule has 1 aliphatic heterocycles. The minimum Gasteiger partial charge on any atom is -0.481 e. The summed E-state index contributed by atoms with van der Waals surface area (Å²) in [5, 5.41) is 9.29. The van der Waals surface area contributed by atoms with Crippen molar-refractivity contribution in [1.82, 2.24) is 4.90 Å². The molecule has 3 atom stereocenters. The van der Waals surface area contributed by atoms with Gasteiger partial charge in [-0.1, -0.05) is 12.1 Å². The molecule has 1 aromatic rings. The summed E-state index contributed by atoms with van der Waals surface area (Å²) in [7, 11) is 0. The summed E-state index contributed by atoms with van der Waals surface area (Å²) in [6.45, 7) is 1.96. The topological polar surface area (TPSA) is 110 Å². The Bertz CT molecular complexity index is 778. The van der Waals surface area contributed by atoms with Gasteiger partial charge in [-0.25, -0.2) is 8.78 Å². The van der Waals surface area contributed by atoms with Gasteiger partial charge in [-0.3, -0.25) is 14.4 Å². The van der Waals surface area contributed by atoms with Gasteiger partial charge in [0, 0.05) is 37.4 Å². The number of ketones is 1. The highest BCUT2D eigenvalue weighted by Crippen LogP contribution is 2.42. The molecular weight excluding hydrogens is 386 g/mol. The largest absolute Gasteiger partial charge is 0.481 e. The Morgan fingerprint density at radius 3 is 2.34 bits per heavy atom. The van der Waals surface area contributed by atoms with E-state index in [4.69, 9.17) is 10.5 Å². The maximum Gasteiger partial charge on any atom is 0.307 e. The molecule has 0 radical (unpaired) electrons. The van der Waals surface area contributed by atoms with Gasteiger partial charge in [-0.05, 0) is 24.1 Å². The van der Waals surface area contributed by atoms with Gasteiger partial charge >= 0.3 is 5.97 Å². The van der Waals surface area contributed by atoms with Crippen LogP contribution in [0.25, 0.3) is 0 Å². The zero-order valence-corrected chi connectivity index (χ0v) is 15.9. The number of carbonyl (C=O) groups excluding carboxylic acids is 2. The Labute approximate surface area is 166 Å². The van der Waals surface area contributed by atoms with Gasteiger partial charge in [0.15, 0.2) is 5.78 Å². The van der Waals surface area contributed by atoms with Crippen LogP contribution in [0.3, 0.4) is 0 Å². The molecule has 1 saturated carbocycles. The second-order valence-corrected chi connectivity index (χ2v) is 7.56. The first-order chi connectivity index (χ1) is 13.7. The van der Waals surface area contributed by atoms with Crippen LogP contribution in [0, 0.1) is 11.8 Å². The SMILES string of the molecule is NC(C(=O)C1CCC(F)(F)CC1C(=O)O)c1ccc(C(=O)N2CCOCC2)cc1. The Morgan fingerprint density at radius 2 is 1.76 bits per heavy atom. The van der Waals surface area contributed by atoms with Crippen LogP contribution in [0.2, 0.25) is 0 Å². The molecule has 1 saturated heterocycles. The molecule has 0 aromatic heterocycles. The Balaban J connectivity index is 1.70. The summed E-state index contributed by atoms with van der Waals surface area (Å²) in [5.41, 5.74) is 6.88. The number of nitrogens with two attached hydrogens (primary N) is 1. The van der Waals surface area contributed by atoms with Crippen LogP contribution in [0.1, 0.15) is 41.2 Å². The van der Waals surface area contributed by atoms with Crippen molar-refractivity contribution in [3.63, 3.8) is 0 Å². The number of benzene rings is 1. The monoisotopic (exact) mass is 410 g/mol. The molecule has 1 aromatic carbocycles. The van der Waals surface area contributed by atoms with E-state index in [1.54, 1.807) is 29.2 Å². The third-order valence-corrected chi connectivity index (χ3v) is 5.63. The molecular formula is C20H24F2N2O5. The molecule has 158 valence electrons.